The van der Waals surface area contributed by atoms with Crippen LogP contribution < -0.4 is 0 Å². The Kier molecular flexibility index (Phi) is 37.0. The fourth-order valence-electron chi connectivity index (χ4n) is 6.51. The normalized spacial score (nSPS) is 13.1. The smallest absolute Gasteiger partial charge is 0.306 e. The van der Waals surface area contributed by atoms with Gasteiger partial charge < -0.3 is 14.2 Å². The molecule has 0 aromatic carbocycles. The van der Waals surface area contributed by atoms with Crippen LogP contribution >= 0.6 is 0 Å². The quantitative estimate of drug-likeness (QED) is 0.0357. The molecule has 0 saturated carbocycles. The second-order valence-corrected chi connectivity index (χ2v) is 15.8. The van der Waals surface area contributed by atoms with Gasteiger partial charge in [0.05, 0.1) is 0 Å². The van der Waals surface area contributed by atoms with Gasteiger partial charge in [-0.05, 0) is 31.1 Å². The third-order valence-electron chi connectivity index (χ3n) is 10.7. The van der Waals surface area contributed by atoms with E-state index in [1.165, 1.54) is 128 Å². The lowest BCUT2D eigenvalue weighted by Crippen LogP contribution is -2.30. The predicted octanol–water partition coefficient (Wildman–Crippen LogP) is 13.8. The summed E-state index contributed by atoms with van der Waals surface area (Å²) in [6, 6.07) is 0. The second-order valence-electron chi connectivity index (χ2n) is 15.8. The number of rotatable bonds is 39. The molecule has 0 amide bonds. The highest BCUT2D eigenvalue weighted by atomic mass is 16.6. The summed E-state index contributed by atoms with van der Waals surface area (Å²) in [5.41, 5.74) is 0. The predicted molar refractivity (Wildman–Crippen MR) is 215 cm³/mol. The summed E-state index contributed by atoms with van der Waals surface area (Å²) >= 11 is 0. The van der Waals surface area contributed by atoms with Crippen LogP contribution in [0, 0.1) is 11.8 Å². The standard InChI is InChI=1S/C45H86O6/c1-6-9-10-11-18-27-32-37-45(48)51-42(39-50-44(47)36-31-26-22-17-16-20-24-29-34-41(5)8-3)38-49-43(46)35-30-25-21-15-13-12-14-19-23-28-33-40(4)7-2/h40-42H,6-39H2,1-5H3/t40?,41?,42-/m1/s1. The van der Waals surface area contributed by atoms with E-state index in [9.17, 15) is 14.4 Å². The molecule has 0 aliphatic heterocycles. The first-order chi connectivity index (χ1) is 24.8. The van der Waals surface area contributed by atoms with Crippen molar-refractivity contribution in [3.8, 4) is 0 Å². The Bertz CT molecular complexity index is 783. The van der Waals surface area contributed by atoms with Crippen molar-refractivity contribution >= 4 is 17.9 Å². The highest BCUT2D eigenvalue weighted by Crippen LogP contribution is 2.17. The number of hydrogen-bond acceptors (Lipinski definition) is 6. The van der Waals surface area contributed by atoms with Crippen LogP contribution in [0.15, 0.2) is 0 Å². The molecule has 0 aromatic rings. The minimum Gasteiger partial charge on any atom is -0.462 e. The van der Waals surface area contributed by atoms with E-state index in [2.05, 4.69) is 34.6 Å². The maximum Gasteiger partial charge on any atom is 0.306 e. The largest absolute Gasteiger partial charge is 0.462 e. The average molecular weight is 723 g/mol. The first kappa shape index (κ1) is 49.4. The van der Waals surface area contributed by atoms with E-state index in [1.54, 1.807) is 0 Å². The highest BCUT2D eigenvalue weighted by molar-refractivity contribution is 5.71. The van der Waals surface area contributed by atoms with Crippen LogP contribution in [0.25, 0.3) is 0 Å². The van der Waals surface area contributed by atoms with Gasteiger partial charge in [-0.1, -0.05) is 202 Å². The third kappa shape index (κ3) is 36.6. The van der Waals surface area contributed by atoms with Crippen LogP contribution in [0.4, 0.5) is 0 Å². The van der Waals surface area contributed by atoms with Crippen molar-refractivity contribution in [2.45, 2.75) is 246 Å². The zero-order chi connectivity index (χ0) is 37.6. The molecule has 0 fully saturated rings. The van der Waals surface area contributed by atoms with E-state index in [1.807, 2.05) is 0 Å². The molecule has 0 saturated heterocycles. The van der Waals surface area contributed by atoms with E-state index in [-0.39, 0.29) is 31.1 Å². The van der Waals surface area contributed by atoms with Gasteiger partial charge in [0, 0.05) is 19.3 Å². The summed E-state index contributed by atoms with van der Waals surface area (Å²) in [7, 11) is 0. The monoisotopic (exact) mass is 723 g/mol. The number of ether oxygens (including phenoxy) is 3. The van der Waals surface area contributed by atoms with Gasteiger partial charge in [-0.3, -0.25) is 14.4 Å². The molecule has 0 spiro atoms. The zero-order valence-corrected chi connectivity index (χ0v) is 34.7. The van der Waals surface area contributed by atoms with Crippen molar-refractivity contribution in [3.05, 3.63) is 0 Å². The molecule has 2 unspecified atom stereocenters. The molecule has 6 nitrogen and oxygen atoms in total. The van der Waals surface area contributed by atoms with Gasteiger partial charge in [-0.25, -0.2) is 0 Å². The summed E-state index contributed by atoms with van der Waals surface area (Å²) in [6.45, 7) is 11.3. The van der Waals surface area contributed by atoms with E-state index in [0.29, 0.717) is 19.3 Å². The molecule has 0 rings (SSSR count). The maximum atomic E-state index is 12.6. The van der Waals surface area contributed by atoms with Crippen molar-refractivity contribution in [2.75, 3.05) is 13.2 Å². The topological polar surface area (TPSA) is 78.9 Å². The van der Waals surface area contributed by atoms with Crippen molar-refractivity contribution in [2.24, 2.45) is 11.8 Å². The van der Waals surface area contributed by atoms with Crippen LogP contribution in [-0.2, 0) is 28.6 Å². The summed E-state index contributed by atoms with van der Waals surface area (Å²) in [4.78, 5) is 37.5. The Balaban J connectivity index is 4.27. The van der Waals surface area contributed by atoms with Gasteiger partial charge in [0.25, 0.3) is 0 Å². The van der Waals surface area contributed by atoms with Gasteiger partial charge in [-0.2, -0.15) is 0 Å². The highest BCUT2D eigenvalue weighted by Gasteiger charge is 2.19. The van der Waals surface area contributed by atoms with Gasteiger partial charge in [-0.15, -0.1) is 0 Å². The Hall–Kier alpha value is -1.59. The molecule has 0 aromatic heterocycles. The molecule has 6 heteroatoms. The summed E-state index contributed by atoms with van der Waals surface area (Å²) in [5, 5.41) is 0. The molecule has 51 heavy (non-hydrogen) atoms. The van der Waals surface area contributed by atoms with Crippen molar-refractivity contribution in [1.29, 1.82) is 0 Å². The van der Waals surface area contributed by atoms with Crippen LogP contribution in [0.1, 0.15) is 240 Å². The summed E-state index contributed by atoms with van der Waals surface area (Å²) < 4.78 is 16.6. The molecule has 0 radical (unpaired) electrons. The molecule has 0 aliphatic carbocycles. The van der Waals surface area contributed by atoms with Crippen molar-refractivity contribution < 1.29 is 28.6 Å². The third-order valence-corrected chi connectivity index (χ3v) is 10.7. The minimum absolute atomic E-state index is 0.0659. The van der Waals surface area contributed by atoms with Crippen molar-refractivity contribution in [3.63, 3.8) is 0 Å². The first-order valence-electron chi connectivity index (χ1n) is 22.3. The molecule has 0 N–H and O–H groups in total. The lowest BCUT2D eigenvalue weighted by molar-refractivity contribution is -0.167. The molecular weight excluding hydrogens is 636 g/mol. The maximum absolute atomic E-state index is 12.6. The Morgan fingerprint density at radius 3 is 1.02 bits per heavy atom. The number of carbonyl (C=O) groups excluding carboxylic acids is 3. The molecule has 0 aliphatic rings. The van der Waals surface area contributed by atoms with Crippen LogP contribution in [0.3, 0.4) is 0 Å². The lowest BCUT2D eigenvalue weighted by Gasteiger charge is -2.18. The summed E-state index contributed by atoms with van der Waals surface area (Å²) in [5.74, 6) is 0.851. The number of hydrogen-bond donors (Lipinski definition) is 0. The van der Waals surface area contributed by atoms with E-state index in [4.69, 9.17) is 14.2 Å². The van der Waals surface area contributed by atoms with E-state index < -0.39 is 6.10 Å². The molecule has 3 atom stereocenters. The van der Waals surface area contributed by atoms with E-state index >= 15 is 0 Å². The van der Waals surface area contributed by atoms with Gasteiger partial charge in [0.15, 0.2) is 6.10 Å². The SMILES string of the molecule is CCCCCCCCCC(=O)O[C@H](COC(=O)CCCCCCCCCCCCC(C)CC)COC(=O)CCCCCCCCCCC(C)CC. The number of carbonyl (C=O) groups is 3. The Morgan fingerprint density at radius 1 is 0.392 bits per heavy atom. The first-order valence-corrected chi connectivity index (χ1v) is 22.3. The van der Waals surface area contributed by atoms with Crippen molar-refractivity contribution in [1.82, 2.24) is 0 Å². The lowest BCUT2D eigenvalue weighted by atomic mass is 9.99. The Morgan fingerprint density at radius 2 is 0.686 bits per heavy atom. The van der Waals surface area contributed by atoms with E-state index in [0.717, 1.165) is 69.6 Å². The number of unbranched alkanes of at least 4 members (excludes halogenated alkanes) is 22. The molecule has 302 valence electrons. The van der Waals surface area contributed by atoms with Crippen LogP contribution in [-0.4, -0.2) is 37.2 Å². The van der Waals surface area contributed by atoms with Gasteiger partial charge in [0.1, 0.15) is 13.2 Å². The molecule has 0 bridgehead atoms. The fourth-order valence-corrected chi connectivity index (χ4v) is 6.51. The van der Waals surface area contributed by atoms with Crippen LogP contribution in [0.5, 0.6) is 0 Å². The fraction of sp³-hybridized carbons (Fsp3) is 0.933. The van der Waals surface area contributed by atoms with Gasteiger partial charge >= 0.3 is 17.9 Å². The number of esters is 3. The van der Waals surface area contributed by atoms with Crippen LogP contribution in [0.2, 0.25) is 0 Å². The van der Waals surface area contributed by atoms with Gasteiger partial charge in [0.2, 0.25) is 0 Å². The average Bonchev–Trinajstić information content (AvgIpc) is 3.13. The summed E-state index contributed by atoms with van der Waals surface area (Å²) in [6.07, 6.45) is 35.1. The zero-order valence-electron chi connectivity index (χ0n) is 34.7. The molecular formula is C45H86O6. The Labute approximate surface area is 317 Å². The molecule has 0 heterocycles. The second kappa shape index (κ2) is 38.1. The minimum atomic E-state index is -0.759.